The van der Waals surface area contributed by atoms with Gasteiger partial charge in [-0.25, -0.2) is 4.98 Å². The van der Waals surface area contributed by atoms with E-state index in [1.807, 2.05) is 75.2 Å². The molecule has 2 aromatic heterocycles. The predicted molar refractivity (Wildman–Crippen MR) is 123 cm³/mol. The number of hydrogen-bond acceptors (Lipinski definition) is 5. The molecule has 29 heavy (non-hydrogen) atoms. The molecule has 5 nitrogen and oxygen atoms in total. The molecule has 0 bridgehead atoms. The topological polar surface area (TPSA) is 55.2 Å². The highest BCUT2D eigenvalue weighted by molar-refractivity contribution is 7.99. The average Bonchev–Trinajstić information content (AvgIpc) is 3.11. The van der Waals surface area contributed by atoms with E-state index in [1.54, 1.807) is 4.57 Å². The van der Waals surface area contributed by atoms with Crippen molar-refractivity contribution in [3.8, 4) is 11.1 Å². The van der Waals surface area contributed by atoms with E-state index < -0.39 is 0 Å². The molecule has 0 saturated heterocycles. The van der Waals surface area contributed by atoms with E-state index in [0.29, 0.717) is 17.1 Å². The maximum Gasteiger partial charge on any atom is 0.263 e. The van der Waals surface area contributed by atoms with Gasteiger partial charge in [-0.2, -0.15) is 0 Å². The van der Waals surface area contributed by atoms with Gasteiger partial charge >= 0.3 is 0 Å². The molecule has 0 radical (unpaired) electrons. The smallest absolute Gasteiger partial charge is 0.263 e. The molecule has 0 unspecified atom stereocenters. The molecule has 1 amide bonds. The summed E-state index contributed by atoms with van der Waals surface area (Å²) in [5.41, 5.74) is 1.89. The molecule has 0 aliphatic carbocycles. The normalized spacial score (nSPS) is 11.6. The van der Waals surface area contributed by atoms with Gasteiger partial charge in [-0.15, -0.1) is 11.3 Å². The Kier molecular flexibility index (Phi) is 6.80. The lowest BCUT2D eigenvalue weighted by Crippen LogP contribution is -2.43. The van der Waals surface area contributed by atoms with Gasteiger partial charge in [-0.05, 0) is 40.2 Å². The van der Waals surface area contributed by atoms with Crippen LogP contribution in [-0.4, -0.2) is 38.2 Å². The molecule has 0 spiro atoms. The standard InChI is InChI=1S/C22H27N3O2S2/c1-6-24-21(27)19-17(16-10-8-7-9-11-16)12-28-20(19)23-22(24)29-13-18(26)25(14(2)3)15(4)5/h7-12,14-15H,6,13H2,1-5H3. The molecule has 1 aromatic carbocycles. The largest absolute Gasteiger partial charge is 0.337 e. The van der Waals surface area contributed by atoms with Crippen molar-refractivity contribution < 1.29 is 4.79 Å². The summed E-state index contributed by atoms with van der Waals surface area (Å²) in [6.07, 6.45) is 0. The Labute approximate surface area is 179 Å². The highest BCUT2D eigenvalue weighted by Crippen LogP contribution is 2.32. The Bertz CT molecular complexity index is 1050. The second-order valence-electron chi connectivity index (χ2n) is 7.42. The molecule has 7 heteroatoms. The molecule has 2 heterocycles. The molecular weight excluding hydrogens is 402 g/mol. The Morgan fingerprint density at radius 1 is 1.17 bits per heavy atom. The van der Waals surface area contributed by atoms with Crippen LogP contribution >= 0.6 is 23.1 Å². The Morgan fingerprint density at radius 3 is 2.41 bits per heavy atom. The first-order chi connectivity index (χ1) is 13.8. The predicted octanol–water partition coefficient (Wildman–Crippen LogP) is 4.88. The Hall–Kier alpha value is -2.12. The van der Waals surface area contributed by atoms with Crippen LogP contribution in [0.3, 0.4) is 0 Å². The van der Waals surface area contributed by atoms with E-state index in [1.165, 1.54) is 23.1 Å². The molecular formula is C22H27N3O2S2. The third-order valence-corrected chi connectivity index (χ3v) is 6.62. The van der Waals surface area contributed by atoms with E-state index in [-0.39, 0.29) is 29.3 Å². The second-order valence-corrected chi connectivity index (χ2v) is 9.22. The van der Waals surface area contributed by atoms with Gasteiger partial charge in [-0.3, -0.25) is 14.2 Å². The summed E-state index contributed by atoms with van der Waals surface area (Å²) in [5, 5.41) is 3.25. The van der Waals surface area contributed by atoms with Crippen LogP contribution < -0.4 is 5.56 Å². The molecule has 3 aromatic rings. The number of thiophene rings is 1. The van der Waals surface area contributed by atoms with Crippen LogP contribution in [0.5, 0.6) is 0 Å². The van der Waals surface area contributed by atoms with E-state index >= 15 is 0 Å². The van der Waals surface area contributed by atoms with Crippen molar-refractivity contribution in [3.05, 3.63) is 46.1 Å². The molecule has 0 atom stereocenters. The summed E-state index contributed by atoms with van der Waals surface area (Å²) in [4.78, 5) is 33.3. The van der Waals surface area contributed by atoms with Gasteiger partial charge in [0.15, 0.2) is 5.16 Å². The third-order valence-electron chi connectivity index (χ3n) is 4.79. The van der Waals surface area contributed by atoms with E-state index in [4.69, 9.17) is 4.98 Å². The molecule has 0 aliphatic rings. The summed E-state index contributed by atoms with van der Waals surface area (Å²) >= 11 is 2.82. The van der Waals surface area contributed by atoms with Crippen molar-refractivity contribution in [2.75, 3.05) is 5.75 Å². The summed E-state index contributed by atoms with van der Waals surface area (Å²) in [5.74, 6) is 0.332. The van der Waals surface area contributed by atoms with Gasteiger partial charge in [0, 0.05) is 29.6 Å². The fourth-order valence-electron chi connectivity index (χ4n) is 3.60. The minimum Gasteiger partial charge on any atom is -0.337 e. The van der Waals surface area contributed by atoms with Crippen molar-refractivity contribution in [1.29, 1.82) is 0 Å². The molecule has 0 saturated carbocycles. The fraction of sp³-hybridized carbons (Fsp3) is 0.409. The highest BCUT2D eigenvalue weighted by atomic mass is 32.2. The lowest BCUT2D eigenvalue weighted by atomic mass is 10.1. The van der Waals surface area contributed by atoms with Crippen molar-refractivity contribution in [2.45, 2.75) is 58.4 Å². The number of aromatic nitrogens is 2. The minimum atomic E-state index is -0.0443. The van der Waals surface area contributed by atoms with Gasteiger partial charge in [0.05, 0.1) is 11.1 Å². The quantitative estimate of drug-likeness (QED) is 0.397. The third kappa shape index (κ3) is 4.41. The maximum absolute atomic E-state index is 13.3. The number of amides is 1. The highest BCUT2D eigenvalue weighted by Gasteiger charge is 2.22. The van der Waals surface area contributed by atoms with Crippen LogP contribution in [-0.2, 0) is 11.3 Å². The summed E-state index contributed by atoms with van der Waals surface area (Å²) in [6.45, 7) is 10.5. The molecule has 0 fully saturated rings. The van der Waals surface area contributed by atoms with Crippen molar-refractivity contribution in [1.82, 2.24) is 14.5 Å². The number of nitrogens with zero attached hydrogens (tertiary/aromatic N) is 3. The summed E-state index contributed by atoms with van der Waals surface area (Å²) < 4.78 is 1.68. The number of benzene rings is 1. The van der Waals surface area contributed by atoms with Crippen molar-refractivity contribution in [3.63, 3.8) is 0 Å². The zero-order chi connectivity index (χ0) is 21.1. The maximum atomic E-state index is 13.3. The number of rotatable bonds is 7. The first-order valence-corrected chi connectivity index (χ1v) is 11.7. The van der Waals surface area contributed by atoms with Crippen LogP contribution in [0.2, 0.25) is 0 Å². The van der Waals surface area contributed by atoms with Crippen LogP contribution in [0.1, 0.15) is 34.6 Å². The molecule has 0 aliphatic heterocycles. The molecule has 0 N–H and O–H groups in total. The number of carbonyl (C=O) groups excluding carboxylic acids is 1. The van der Waals surface area contributed by atoms with Crippen LogP contribution in [0.4, 0.5) is 0 Å². The fourth-order valence-corrected chi connectivity index (χ4v) is 5.52. The summed E-state index contributed by atoms with van der Waals surface area (Å²) in [7, 11) is 0. The first-order valence-electron chi connectivity index (χ1n) is 9.86. The molecule has 3 rings (SSSR count). The van der Waals surface area contributed by atoms with Gasteiger partial charge < -0.3 is 4.90 Å². The SMILES string of the molecule is CCn1c(SCC(=O)N(C(C)C)C(C)C)nc2scc(-c3ccccc3)c2c1=O. The lowest BCUT2D eigenvalue weighted by molar-refractivity contribution is -0.131. The van der Waals surface area contributed by atoms with Gasteiger partial charge in [0.1, 0.15) is 4.83 Å². The van der Waals surface area contributed by atoms with E-state index in [2.05, 4.69) is 0 Å². The van der Waals surface area contributed by atoms with Crippen LogP contribution in [0.15, 0.2) is 45.7 Å². The minimum absolute atomic E-state index is 0.0443. The number of carbonyl (C=O) groups is 1. The van der Waals surface area contributed by atoms with Crippen LogP contribution in [0, 0.1) is 0 Å². The average molecular weight is 430 g/mol. The Balaban J connectivity index is 1.96. The van der Waals surface area contributed by atoms with Gasteiger partial charge in [0.25, 0.3) is 5.56 Å². The van der Waals surface area contributed by atoms with Crippen LogP contribution in [0.25, 0.3) is 21.3 Å². The monoisotopic (exact) mass is 429 g/mol. The summed E-state index contributed by atoms with van der Waals surface area (Å²) in [6, 6.07) is 10.2. The van der Waals surface area contributed by atoms with E-state index in [0.717, 1.165) is 16.0 Å². The number of thioether (sulfide) groups is 1. The zero-order valence-corrected chi connectivity index (χ0v) is 19.1. The lowest BCUT2D eigenvalue weighted by Gasteiger charge is -2.30. The molecule has 154 valence electrons. The van der Waals surface area contributed by atoms with Gasteiger partial charge in [0.2, 0.25) is 5.91 Å². The van der Waals surface area contributed by atoms with Crippen molar-refractivity contribution >= 4 is 39.2 Å². The Morgan fingerprint density at radius 2 is 1.83 bits per heavy atom. The van der Waals surface area contributed by atoms with Crippen molar-refractivity contribution in [2.24, 2.45) is 0 Å². The van der Waals surface area contributed by atoms with E-state index in [9.17, 15) is 9.59 Å². The number of hydrogen-bond donors (Lipinski definition) is 0. The van der Waals surface area contributed by atoms with Gasteiger partial charge in [-0.1, -0.05) is 42.1 Å². The number of fused-ring (bicyclic) bond motifs is 1. The second kappa shape index (κ2) is 9.13. The zero-order valence-electron chi connectivity index (χ0n) is 17.5. The first kappa shape index (κ1) is 21.6.